The Kier molecular flexibility index (Phi) is 5.54. The first-order chi connectivity index (χ1) is 21.8. The van der Waals surface area contributed by atoms with Crippen LogP contribution in [0, 0.1) is 0 Å². The SMILES string of the molecule is c1ccc(-c2ccc3c(c2)-c2ccccc2-c2cc4c(cc2N3c2ccccc2)c2ccccc2n4-c2ccccc2)cc1. The topological polar surface area (TPSA) is 8.17 Å². The fourth-order valence-electron chi connectivity index (χ4n) is 6.95. The molecule has 8 aromatic rings. The molecule has 0 saturated carbocycles. The molecular formula is C42H28N2. The molecule has 0 amide bonds. The van der Waals surface area contributed by atoms with E-state index in [-0.39, 0.29) is 0 Å². The summed E-state index contributed by atoms with van der Waals surface area (Å²) in [6, 6.07) is 61.6. The van der Waals surface area contributed by atoms with Gasteiger partial charge in [0.2, 0.25) is 0 Å². The standard InChI is InChI=1S/C42H28N2/c1-4-14-29(15-5-1)30-24-25-40-36(26-30)33-20-10-11-21-34(33)37-27-42-38(28-41(37)44(40)32-18-8-3-9-19-32)35-22-12-13-23-39(35)43(42)31-16-6-2-7-17-31/h1-28H. The number of rotatable bonds is 3. The van der Waals surface area contributed by atoms with Crippen molar-refractivity contribution in [3.63, 3.8) is 0 Å². The van der Waals surface area contributed by atoms with Gasteiger partial charge in [-0.25, -0.2) is 0 Å². The van der Waals surface area contributed by atoms with Gasteiger partial charge in [0.05, 0.1) is 22.4 Å². The van der Waals surface area contributed by atoms with Crippen LogP contribution in [0.4, 0.5) is 17.1 Å². The average Bonchev–Trinajstić information content (AvgIpc) is 3.36. The summed E-state index contributed by atoms with van der Waals surface area (Å²) >= 11 is 0. The van der Waals surface area contributed by atoms with E-state index in [4.69, 9.17) is 0 Å². The second kappa shape index (κ2) is 9.86. The molecule has 0 fully saturated rings. The fourth-order valence-corrected chi connectivity index (χ4v) is 6.95. The highest BCUT2D eigenvalue weighted by molar-refractivity contribution is 6.15. The van der Waals surface area contributed by atoms with Crippen LogP contribution in [-0.2, 0) is 0 Å². The highest BCUT2D eigenvalue weighted by Crippen LogP contribution is 2.53. The molecule has 7 aromatic carbocycles. The van der Waals surface area contributed by atoms with Crippen molar-refractivity contribution < 1.29 is 0 Å². The lowest BCUT2D eigenvalue weighted by molar-refractivity contribution is 1.18. The smallest absolute Gasteiger partial charge is 0.0548 e. The van der Waals surface area contributed by atoms with E-state index >= 15 is 0 Å². The van der Waals surface area contributed by atoms with Crippen LogP contribution in [0.3, 0.4) is 0 Å². The van der Waals surface area contributed by atoms with Crippen LogP contribution in [0.15, 0.2) is 170 Å². The Labute approximate surface area is 256 Å². The van der Waals surface area contributed by atoms with Crippen molar-refractivity contribution in [3.8, 4) is 39.1 Å². The molecule has 1 aliphatic heterocycles. The van der Waals surface area contributed by atoms with E-state index in [0.717, 1.165) is 11.4 Å². The highest BCUT2D eigenvalue weighted by atomic mass is 15.2. The zero-order chi connectivity index (χ0) is 29.0. The Bertz CT molecular complexity index is 2320. The summed E-state index contributed by atoms with van der Waals surface area (Å²) in [5.74, 6) is 0. The van der Waals surface area contributed by atoms with E-state index in [0.29, 0.717) is 0 Å². The maximum Gasteiger partial charge on any atom is 0.0548 e. The predicted octanol–water partition coefficient (Wildman–Crippen LogP) is 11.6. The van der Waals surface area contributed by atoms with Crippen LogP contribution in [0.1, 0.15) is 0 Å². The summed E-state index contributed by atoms with van der Waals surface area (Å²) in [7, 11) is 0. The Hall–Kier alpha value is -5.86. The molecule has 0 atom stereocenters. The summed E-state index contributed by atoms with van der Waals surface area (Å²) in [5, 5.41) is 2.49. The average molecular weight is 561 g/mol. The van der Waals surface area contributed by atoms with Crippen molar-refractivity contribution >= 4 is 38.9 Å². The number of benzene rings is 7. The quantitative estimate of drug-likeness (QED) is 0.209. The molecule has 0 aliphatic carbocycles. The number of anilines is 3. The summed E-state index contributed by atoms with van der Waals surface area (Å²) in [6.45, 7) is 0. The maximum atomic E-state index is 2.45. The summed E-state index contributed by atoms with van der Waals surface area (Å²) < 4.78 is 2.41. The predicted molar refractivity (Wildman–Crippen MR) is 185 cm³/mol. The van der Waals surface area contributed by atoms with Crippen LogP contribution < -0.4 is 4.90 Å². The summed E-state index contributed by atoms with van der Waals surface area (Å²) in [6.07, 6.45) is 0. The molecule has 206 valence electrons. The van der Waals surface area contributed by atoms with E-state index in [1.165, 1.54) is 66.6 Å². The minimum atomic E-state index is 1.14. The molecule has 0 spiro atoms. The molecule has 2 nitrogen and oxygen atoms in total. The van der Waals surface area contributed by atoms with Crippen LogP contribution in [0.5, 0.6) is 0 Å². The fraction of sp³-hybridized carbons (Fsp3) is 0. The van der Waals surface area contributed by atoms with Crippen LogP contribution in [-0.4, -0.2) is 4.57 Å². The summed E-state index contributed by atoms with van der Waals surface area (Å²) in [5.41, 5.74) is 14.4. The molecule has 2 heterocycles. The normalized spacial score (nSPS) is 12.0. The number of fused-ring (bicyclic) bond motifs is 8. The number of hydrogen-bond donors (Lipinski definition) is 0. The largest absolute Gasteiger partial charge is 0.309 e. The van der Waals surface area contributed by atoms with Crippen molar-refractivity contribution in [1.82, 2.24) is 4.57 Å². The Morgan fingerprint density at radius 3 is 1.64 bits per heavy atom. The molecule has 0 N–H and O–H groups in total. The molecule has 2 heteroatoms. The van der Waals surface area contributed by atoms with E-state index in [2.05, 4.69) is 179 Å². The van der Waals surface area contributed by atoms with E-state index in [1.54, 1.807) is 0 Å². The van der Waals surface area contributed by atoms with E-state index < -0.39 is 0 Å². The zero-order valence-corrected chi connectivity index (χ0v) is 24.1. The van der Waals surface area contributed by atoms with Crippen molar-refractivity contribution in [2.75, 3.05) is 4.90 Å². The van der Waals surface area contributed by atoms with Gasteiger partial charge in [-0.05, 0) is 76.9 Å². The number of hydrogen-bond acceptors (Lipinski definition) is 1. The van der Waals surface area contributed by atoms with Gasteiger partial charge in [-0.1, -0.05) is 115 Å². The van der Waals surface area contributed by atoms with Gasteiger partial charge in [0.1, 0.15) is 0 Å². The molecule has 1 aromatic heterocycles. The molecule has 0 radical (unpaired) electrons. The third kappa shape index (κ3) is 3.75. The van der Waals surface area contributed by atoms with Crippen LogP contribution in [0.25, 0.3) is 60.9 Å². The van der Waals surface area contributed by atoms with Crippen molar-refractivity contribution in [2.45, 2.75) is 0 Å². The van der Waals surface area contributed by atoms with Gasteiger partial charge in [0.15, 0.2) is 0 Å². The molecule has 44 heavy (non-hydrogen) atoms. The lowest BCUT2D eigenvalue weighted by atomic mass is 9.92. The minimum Gasteiger partial charge on any atom is -0.309 e. The first-order valence-electron chi connectivity index (χ1n) is 15.1. The second-order valence-corrected chi connectivity index (χ2v) is 11.4. The van der Waals surface area contributed by atoms with Gasteiger partial charge in [-0.15, -0.1) is 0 Å². The minimum absolute atomic E-state index is 1.14. The molecule has 9 rings (SSSR count). The van der Waals surface area contributed by atoms with Gasteiger partial charge in [-0.3, -0.25) is 0 Å². The van der Waals surface area contributed by atoms with Gasteiger partial charge in [-0.2, -0.15) is 0 Å². The lowest BCUT2D eigenvalue weighted by Crippen LogP contribution is -2.11. The molecule has 0 unspecified atom stereocenters. The van der Waals surface area contributed by atoms with Crippen molar-refractivity contribution in [2.24, 2.45) is 0 Å². The maximum absolute atomic E-state index is 2.45. The van der Waals surface area contributed by atoms with Gasteiger partial charge >= 0.3 is 0 Å². The number of para-hydroxylation sites is 3. The molecular weight excluding hydrogens is 532 g/mol. The Morgan fingerprint density at radius 2 is 0.909 bits per heavy atom. The third-order valence-electron chi connectivity index (χ3n) is 8.91. The zero-order valence-electron chi connectivity index (χ0n) is 24.1. The van der Waals surface area contributed by atoms with Gasteiger partial charge in [0.25, 0.3) is 0 Å². The lowest BCUT2D eigenvalue weighted by Gasteiger charge is -2.28. The number of nitrogens with zero attached hydrogens (tertiary/aromatic N) is 2. The monoisotopic (exact) mass is 560 g/mol. The van der Waals surface area contributed by atoms with Crippen LogP contribution in [0.2, 0.25) is 0 Å². The second-order valence-electron chi connectivity index (χ2n) is 11.4. The van der Waals surface area contributed by atoms with Crippen LogP contribution >= 0.6 is 0 Å². The van der Waals surface area contributed by atoms with Gasteiger partial charge < -0.3 is 9.47 Å². The number of aromatic nitrogens is 1. The molecule has 1 aliphatic rings. The van der Waals surface area contributed by atoms with Gasteiger partial charge in [0, 0.05) is 33.3 Å². The Balaban J connectivity index is 1.42. The van der Waals surface area contributed by atoms with Crippen molar-refractivity contribution in [1.29, 1.82) is 0 Å². The van der Waals surface area contributed by atoms with E-state index in [9.17, 15) is 0 Å². The van der Waals surface area contributed by atoms with E-state index in [1.807, 2.05) is 0 Å². The third-order valence-corrected chi connectivity index (χ3v) is 8.91. The molecule has 0 saturated heterocycles. The highest BCUT2D eigenvalue weighted by Gasteiger charge is 2.28. The van der Waals surface area contributed by atoms with Crippen molar-refractivity contribution in [3.05, 3.63) is 170 Å². The Morgan fingerprint density at radius 1 is 0.318 bits per heavy atom. The first kappa shape index (κ1) is 24.7. The first-order valence-corrected chi connectivity index (χ1v) is 15.1. The molecule has 0 bridgehead atoms. The summed E-state index contributed by atoms with van der Waals surface area (Å²) in [4.78, 5) is 2.45.